The van der Waals surface area contributed by atoms with Crippen LogP contribution in [0.5, 0.6) is 0 Å². The highest BCUT2D eigenvalue weighted by Gasteiger charge is 2.25. The van der Waals surface area contributed by atoms with Crippen molar-refractivity contribution in [3.63, 3.8) is 0 Å². The summed E-state index contributed by atoms with van der Waals surface area (Å²) in [5.74, 6) is 1.17. The second kappa shape index (κ2) is 6.75. The molecule has 3 atom stereocenters. The van der Waals surface area contributed by atoms with Gasteiger partial charge >= 0.3 is 0 Å². The van der Waals surface area contributed by atoms with E-state index in [2.05, 4.69) is 26.0 Å². The molecule has 0 radical (unpaired) electrons. The summed E-state index contributed by atoms with van der Waals surface area (Å²) in [4.78, 5) is 0.229. The van der Waals surface area contributed by atoms with Crippen molar-refractivity contribution < 1.29 is 12.6 Å². The van der Waals surface area contributed by atoms with Gasteiger partial charge in [-0.25, -0.2) is 0 Å². The van der Waals surface area contributed by atoms with Crippen LogP contribution in [-0.4, -0.2) is 15.0 Å². The van der Waals surface area contributed by atoms with E-state index in [4.69, 9.17) is 4.18 Å². The number of benzene rings is 1. The molecule has 3 unspecified atom stereocenters. The maximum Gasteiger partial charge on any atom is 0.296 e. The van der Waals surface area contributed by atoms with Crippen molar-refractivity contribution in [2.24, 2.45) is 17.8 Å². The molecule has 0 saturated carbocycles. The van der Waals surface area contributed by atoms with Crippen LogP contribution in [0.4, 0.5) is 0 Å². The lowest BCUT2D eigenvalue weighted by Gasteiger charge is -2.29. The highest BCUT2D eigenvalue weighted by atomic mass is 32.2. The highest BCUT2D eigenvalue weighted by Crippen LogP contribution is 2.31. The Morgan fingerprint density at radius 3 is 2.57 bits per heavy atom. The molecule has 3 nitrogen and oxygen atoms in total. The van der Waals surface area contributed by atoms with Gasteiger partial charge in [0.25, 0.3) is 10.1 Å². The molecule has 0 amide bonds. The van der Waals surface area contributed by atoms with E-state index in [9.17, 15) is 8.42 Å². The number of aryl methyl sites for hydroxylation is 1. The molecule has 1 aliphatic carbocycles. The molecule has 2 rings (SSSR count). The molecule has 0 aromatic heterocycles. The fraction of sp³-hybridized carbons (Fsp3) is 0.529. The van der Waals surface area contributed by atoms with E-state index in [1.807, 2.05) is 6.92 Å². The molecule has 0 spiro atoms. The van der Waals surface area contributed by atoms with E-state index < -0.39 is 10.1 Å². The molecule has 0 fully saturated rings. The highest BCUT2D eigenvalue weighted by molar-refractivity contribution is 7.86. The molecule has 1 aromatic rings. The Balaban J connectivity index is 1.99. The average Bonchev–Trinajstić information content (AvgIpc) is 2.46. The van der Waals surface area contributed by atoms with Crippen molar-refractivity contribution in [1.29, 1.82) is 0 Å². The van der Waals surface area contributed by atoms with Crippen LogP contribution in [0.25, 0.3) is 0 Å². The van der Waals surface area contributed by atoms with Crippen molar-refractivity contribution in [2.45, 2.75) is 38.5 Å². The first-order valence-corrected chi connectivity index (χ1v) is 8.94. The normalized spacial score (nSPS) is 24.0. The van der Waals surface area contributed by atoms with E-state index in [1.165, 1.54) is 0 Å². The molecular formula is C17H24O3S. The summed E-state index contributed by atoms with van der Waals surface area (Å²) in [6.07, 6.45) is 6.68. The number of hydrogen-bond donors (Lipinski definition) is 0. The lowest BCUT2D eigenvalue weighted by Crippen LogP contribution is -2.25. The Kier molecular flexibility index (Phi) is 5.22. The zero-order valence-corrected chi connectivity index (χ0v) is 13.8. The lowest BCUT2D eigenvalue weighted by molar-refractivity contribution is 0.193. The van der Waals surface area contributed by atoms with Crippen LogP contribution >= 0.6 is 0 Å². The summed E-state index contributed by atoms with van der Waals surface area (Å²) >= 11 is 0. The van der Waals surface area contributed by atoms with Gasteiger partial charge in [-0.15, -0.1) is 0 Å². The van der Waals surface area contributed by atoms with Crippen molar-refractivity contribution in [3.8, 4) is 0 Å². The van der Waals surface area contributed by atoms with Gasteiger partial charge < -0.3 is 0 Å². The molecule has 1 aromatic carbocycles. The first kappa shape index (κ1) is 16.2. The van der Waals surface area contributed by atoms with Crippen molar-refractivity contribution >= 4 is 10.1 Å². The quantitative estimate of drug-likeness (QED) is 0.611. The first-order chi connectivity index (χ1) is 9.90. The lowest BCUT2D eigenvalue weighted by atomic mass is 9.78. The van der Waals surface area contributed by atoms with Gasteiger partial charge in [0.05, 0.1) is 11.5 Å². The number of allylic oxidation sites excluding steroid dienone is 2. The standard InChI is InChI=1S/C17H24O3S/c1-13-8-10-16(11-9-13)21(18,19)20-12-15(3)17-7-5-4-6-14(17)2/h5,7-11,14-15,17H,4,6,12H2,1-3H3. The van der Waals surface area contributed by atoms with Crippen LogP contribution in [0.1, 0.15) is 32.3 Å². The van der Waals surface area contributed by atoms with Crippen molar-refractivity contribution in [1.82, 2.24) is 0 Å². The molecule has 0 aliphatic heterocycles. The van der Waals surface area contributed by atoms with E-state index in [0.717, 1.165) is 18.4 Å². The molecule has 0 saturated heterocycles. The zero-order chi connectivity index (χ0) is 15.5. The predicted molar refractivity (Wildman–Crippen MR) is 84.5 cm³/mol. The average molecular weight is 308 g/mol. The van der Waals surface area contributed by atoms with Gasteiger partial charge in [0.2, 0.25) is 0 Å². The fourth-order valence-electron chi connectivity index (χ4n) is 2.83. The fourth-order valence-corrected chi connectivity index (χ4v) is 3.83. The molecule has 0 N–H and O–H groups in total. The van der Waals surface area contributed by atoms with Crippen LogP contribution < -0.4 is 0 Å². The molecule has 0 heterocycles. The molecule has 21 heavy (non-hydrogen) atoms. The summed E-state index contributed by atoms with van der Waals surface area (Å²) < 4.78 is 29.6. The van der Waals surface area contributed by atoms with Crippen molar-refractivity contribution in [2.75, 3.05) is 6.61 Å². The minimum atomic E-state index is -3.65. The maximum atomic E-state index is 12.2. The molecule has 1 aliphatic rings. The van der Waals surface area contributed by atoms with E-state index >= 15 is 0 Å². The minimum absolute atomic E-state index is 0.191. The van der Waals surface area contributed by atoms with Gasteiger partial charge in [0, 0.05) is 0 Å². The molecular weight excluding hydrogens is 284 g/mol. The van der Waals surface area contributed by atoms with Crippen LogP contribution in [0.3, 0.4) is 0 Å². The maximum absolute atomic E-state index is 12.2. The van der Waals surface area contributed by atoms with E-state index in [-0.39, 0.29) is 17.4 Å². The Morgan fingerprint density at radius 2 is 1.95 bits per heavy atom. The van der Waals surface area contributed by atoms with Gasteiger partial charge in [-0.3, -0.25) is 4.18 Å². The van der Waals surface area contributed by atoms with Gasteiger partial charge in [0.1, 0.15) is 0 Å². The second-order valence-corrected chi connectivity index (χ2v) is 7.70. The summed E-state index contributed by atoms with van der Waals surface area (Å²) in [6.45, 7) is 6.44. The molecule has 0 bridgehead atoms. The summed E-state index contributed by atoms with van der Waals surface area (Å²) in [6, 6.07) is 6.76. The second-order valence-electron chi connectivity index (χ2n) is 6.09. The SMILES string of the molecule is Cc1ccc(S(=O)(=O)OCC(C)C2C=CCCC2C)cc1. The van der Waals surface area contributed by atoms with Gasteiger partial charge in [-0.05, 0) is 49.7 Å². The Labute approximate surface area is 128 Å². The summed E-state index contributed by atoms with van der Waals surface area (Å²) in [5, 5.41) is 0. The van der Waals surface area contributed by atoms with Gasteiger partial charge in [0.15, 0.2) is 0 Å². The van der Waals surface area contributed by atoms with Gasteiger partial charge in [-0.1, -0.05) is 43.7 Å². The third kappa shape index (κ3) is 4.17. The number of rotatable bonds is 5. The van der Waals surface area contributed by atoms with E-state index in [1.54, 1.807) is 24.3 Å². The Morgan fingerprint density at radius 1 is 1.29 bits per heavy atom. The summed E-state index contributed by atoms with van der Waals surface area (Å²) in [5.41, 5.74) is 1.03. The monoisotopic (exact) mass is 308 g/mol. The van der Waals surface area contributed by atoms with Crippen LogP contribution in [-0.2, 0) is 14.3 Å². The zero-order valence-electron chi connectivity index (χ0n) is 13.0. The van der Waals surface area contributed by atoms with Crippen LogP contribution in [0.15, 0.2) is 41.3 Å². The van der Waals surface area contributed by atoms with Crippen LogP contribution in [0.2, 0.25) is 0 Å². The molecule has 116 valence electrons. The van der Waals surface area contributed by atoms with E-state index in [0.29, 0.717) is 11.8 Å². The van der Waals surface area contributed by atoms with Crippen molar-refractivity contribution in [3.05, 3.63) is 42.0 Å². The largest absolute Gasteiger partial charge is 0.296 e. The van der Waals surface area contributed by atoms with Gasteiger partial charge in [-0.2, -0.15) is 8.42 Å². The van der Waals surface area contributed by atoms with Crippen LogP contribution in [0, 0.1) is 24.7 Å². The third-order valence-corrected chi connectivity index (χ3v) is 5.55. The Bertz CT molecular complexity index is 587. The molecule has 4 heteroatoms. The smallest absolute Gasteiger partial charge is 0.266 e. The first-order valence-electron chi connectivity index (χ1n) is 7.53. The topological polar surface area (TPSA) is 43.4 Å². The predicted octanol–water partition coefficient (Wildman–Crippen LogP) is 3.94. The summed E-state index contributed by atoms with van der Waals surface area (Å²) in [7, 11) is -3.65. The minimum Gasteiger partial charge on any atom is -0.266 e. The number of hydrogen-bond acceptors (Lipinski definition) is 3. The Hall–Kier alpha value is -1.13. The third-order valence-electron chi connectivity index (χ3n) is 4.26.